The fourth-order valence-electron chi connectivity index (χ4n) is 2.58. The SMILES string of the molecule is Cc1noc2nc(-c3ccco3)cc(C(=O)Nc3ccccc3Cl)c12. The van der Waals surface area contributed by atoms with E-state index >= 15 is 0 Å². The van der Waals surface area contributed by atoms with Gasteiger partial charge in [-0.1, -0.05) is 28.9 Å². The third kappa shape index (κ3) is 2.77. The quantitative estimate of drug-likeness (QED) is 0.577. The monoisotopic (exact) mass is 353 g/mol. The summed E-state index contributed by atoms with van der Waals surface area (Å²) in [5, 5.41) is 7.73. The van der Waals surface area contributed by atoms with E-state index in [-0.39, 0.29) is 11.6 Å². The van der Waals surface area contributed by atoms with Gasteiger partial charge in [-0.3, -0.25) is 4.79 Å². The van der Waals surface area contributed by atoms with Crippen molar-refractivity contribution < 1.29 is 13.7 Å². The van der Waals surface area contributed by atoms with Crippen molar-refractivity contribution in [3.8, 4) is 11.5 Å². The number of nitrogens with one attached hydrogen (secondary N) is 1. The lowest BCUT2D eigenvalue weighted by Gasteiger charge is -2.08. The van der Waals surface area contributed by atoms with E-state index in [0.29, 0.717) is 38.8 Å². The molecule has 0 aliphatic rings. The van der Waals surface area contributed by atoms with E-state index in [1.165, 1.54) is 6.26 Å². The van der Waals surface area contributed by atoms with Crippen molar-refractivity contribution >= 4 is 34.3 Å². The molecule has 0 unspecified atom stereocenters. The number of fused-ring (bicyclic) bond motifs is 1. The fraction of sp³-hybridized carbons (Fsp3) is 0.0556. The zero-order valence-corrected chi connectivity index (χ0v) is 13.9. The van der Waals surface area contributed by atoms with Gasteiger partial charge >= 0.3 is 0 Å². The standard InChI is InChI=1S/C18H12ClN3O3/c1-10-16-11(17(23)20-13-6-3-2-5-12(13)19)9-14(15-7-4-8-24-15)21-18(16)25-22-10/h2-9H,1H3,(H,20,23). The molecular formula is C18H12ClN3O3. The number of hydrogen-bond donors (Lipinski definition) is 1. The molecule has 0 radical (unpaired) electrons. The Hall–Kier alpha value is -3.12. The predicted molar refractivity (Wildman–Crippen MR) is 93.6 cm³/mol. The Balaban J connectivity index is 1.83. The highest BCUT2D eigenvalue weighted by molar-refractivity contribution is 6.34. The number of para-hydroxylation sites is 1. The number of carbonyl (C=O) groups is 1. The second-order valence-electron chi connectivity index (χ2n) is 5.41. The summed E-state index contributed by atoms with van der Waals surface area (Å²) in [7, 11) is 0. The first-order valence-electron chi connectivity index (χ1n) is 7.50. The van der Waals surface area contributed by atoms with Crippen molar-refractivity contribution in [1.82, 2.24) is 10.1 Å². The third-order valence-corrected chi connectivity index (χ3v) is 4.09. The molecule has 25 heavy (non-hydrogen) atoms. The summed E-state index contributed by atoms with van der Waals surface area (Å²) in [5.41, 5.74) is 2.24. The maximum absolute atomic E-state index is 12.9. The average Bonchev–Trinajstić information content (AvgIpc) is 3.26. The molecule has 1 aromatic carbocycles. The topological polar surface area (TPSA) is 81.2 Å². The highest BCUT2D eigenvalue weighted by atomic mass is 35.5. The minimum absolute atomic E-state index is 0.274. The van der Waals surface area contributed by atoms with Crippen LogP contribution in [0, 0.1) is 6.92 Å². The van der Waals surface area contributed by atoms with Gasteiger partial charge in [0.25, 0.3) is 11.6 Å². The number of aromatic nitrogens is 2. The van der Waals surface area contributed by atoms with Crippen LogP contribution in [0.5, 0.6) is 0 Å². The molecule has 1 N–H and O–H groups in total. The van der Waals surface area contributed by atoms with Crippen molar-refractivity contribution in [1.29, 1.82) is 0 Å². The van der Waals surface area contributed by atoms with Gasteiger partial charge in [0.2, 0.25) is 0 Å². The first-order valence-corrected chi connectivity index (χ1v) is 7.88. The van der Waals surface area contributed by atoms with E-state index in [1.54, 1.807) is 49.4 Å². The molecule has 3 aromatic heterocycles. The average molecular weight is 354 g/mol. The van der Waals surface area contributed by atoms with Crippen LogP contribution in [0.2, 0.25) is 5.02 Å². The molecule has 3 heterocycles. The van der Waals surface area contributed by atoms with Gasteiger partial charge in [0, 0.05) is 0 Å². The molecule has 0 saturated heterocycles. The van der Waals surface area contributed by atoms with Crippen LogP contribution in [0.4, 0.5) is 5.69 Å². The minimum Gasteiger partial charge on any atom is -0.463 e. The molecule has 0 atom stereocenters. The van der Waals surface area contributed by atoms with E-state index < -0.39 is 0 Å². The van der Waals surface area contributed by atoms with E-state index in [0.717, 1.165) is 0 Å². The maximum Gasteiger partial charge on any atom is 0.259 e. The molecule has 0 saturated carbocycles. The van der Waals surface area contributed by atoms with Gasteiger partial charge in [0.1, 0.15) is 5.69 Å². The molecule has 7 heteroatoms. The number of hydrogen-bond acceptors (Lipinski definition) is 5. The summed E-state index contributed by atoms with van der Waals surface area (Å²) in [6, 6.07) is 12.2. The Morgan fingerprint density at radius 1 is 1.20 bits per heavy atom. The number of anilines is 1. The lowest BCUT2D eigenvalue weighted by Crippen LogP contribution is -2.13. The molecule has 0 fully saturated rings. The van der Waals surface area contributed by atoms with Crippen molar-refractivity contribution in [2.75, 3.05) is 5.32 Å². The molecular weight excluding hydrogens is 342 g/mol. The number of halogens is 1. The van der Waals surface area contributed by atoms with Crippen molar-refractivity contribution in [3.05, 3.63) is 65.0 Å². The summed E-state index contributed by atoms with van der Waals surface area (Å²) in [6.45, 7) is 1.76. The fourth-order valence-corrected chi connectivity index (χ4v) is 2.76. The number of rotatable bonds is 3. The summed E-state index contributed by atoms with van der Waals surface area (Å²) in [6.07, 6.45) is 1.54. The predicted octanol–water partition coefficient (Wildman–Crippen LogP) is 4.70. The van der Waals surface area contributed by atoms with Gasteiger partial charge in [-0.2, -0.15) is 0 Å². The molecule has 4 aromatic rings. The summed E-state index contributed by atoms with van der Waals surface area (Å²) in [5.74, 6) is 0.197. The number of amides is 1. The summed E-state index contributed by atoms with van der Waals surface area (Å²) < 4.78 is 10.6. The Morgan fingerprint density at radius 2 is 2.04 bits per heavy atom. The zero-order valence-electron chi connectivity index (χ0n) is 13.1. The molecule has 0 aliphatic carbocycles. The van der Waals surface area contributed by atoms with Crippen LogP contribution < -0.4 is 5.32 Å². The first kappa shape index (κ1) is 15.4. The zero-order chi connectivity index (χ0) is 17.4. The second-order valence-corrected chi connectivity index (χ2v) is 5.82. The van der Waals surface area contributed by atoms with Crippen LogP contribution in [-0.2, 0) is 0 Å². The van der Waals surface area contributed by atoms with Gasteiger partial charge < -0.3 is 14.3 Å². The number of furan rings is 1. The van der Waals surface area contributed by atoms with Crippen LogP contribution in [0.15, 0.2) is 57.7 Å². The van der Waals surface area contributed by atoms with Gasteiger partial charge in [-0.25, -0.2) is 4.98 Å². The Kier molecular flexibility index (Phi) is 3.74. The molecule has 0 bridgehead atoms. The molecule has 4 rings (SSSR count). The molecule has 0 spiro atoms. The Morgan fingerprint density at radius 3 is 2.80 bits per heavy atom. The summed E-state index contributed by atoms with van der Waals surface area (Å²) in [4.78, 5) is 17.2. The van der Waals surface area contributed by atoms with Gasteiger partial charge in [-0.05, 0) is 37.3 Å². The van der Waals surface area contributed by atoms with Crippen LogP contribution in [0.1, 0.15) is 16.1 Å². The van der Waals surface area contributed by atoms with Crippen molar-refractivity contribution in [2.24, 2.45) is 0 Å². The highest BCUT2D eigenvalue weighted by Crippen LogP contribution is 2.29. The minimum atomic E-state index is -0.334. The number of nitrogens with zero attached hydrogens (tertiary/aromatic N) is 2. The number of pyridine rings is 1. The number of benzene rings is 1. The summed E-state index contributed by atoms with van der Waals surface area (Å²) >= 11 is 6.12. The van der Waals surface area contributed by atoms with Crippen LogP contribution in [-0.4, -0.2) is 16.0 Å². The van der Waals surface area contributed by atoms with E-state index in [9.17, 15) is 4.79 Å². The molecule has 6 nitrogen and oxygen atoms in total. The normalized spacial score (nSPS) is 11.0. The lowest BCUT2D eigenvalue weighted by molar-refractivity contribution is 0.102. The Labute approximate surface area is 147 Å². The van der Waals surface area contributed by atoms with E-state index in [4.69, 9.17) is 20.5 Å². The van der Waals surface area contributed by atoms with Gasteiger partial charge in [0.15, 0.2) is 5.76 Å². The largest absolute Gasteiger partial charge is 0.463 e. The van der Waals surface area contributed by atoms with Crippen molar-refractivity contribution in [2.45, 2.75) is 6.92 Å². The number of carbonyl (C=O) groups excluding carboxylic acids is 1. The van der Waals surface area contributed by atoms with Gasteiger partial charge in [0.05, 0.1) is 33.6 Å². The van der Waals surface area contributed by atoms with Crippen LogP contribution in [0.25, 0.3) is 22.6 Å². The van der Waals surface area contributed by atoms with Crippen LogP contribution in [0.3, 0.4) is 0 Å². The first-order chi connectivity index (χ1) is 12.1. The van der Waals surface area contributed by atoms with Gasteiger partial charge in [-0.15, -0.1) is 0 Å². The highest BCUT2D eigenvalue weighted by Gasteiger charge is 2.20. The molecule has 0 aliphatic heterocycles. The van der Waals surface area contributed by atoms with Crippen LogP contribution >= 0.6 is 11.6 Å². The third-order valence-electron chi connectivity index (χ3n) is 3.76. The maximum atomic E-state index is 12.9. The van der Waals surface area contributed by atoms with E-state index in [2.05, 4.69) is 15.5 Å². The molecule has 1 amide bonds. The Bertz CT molecular complexity index is 1070. The van der Waals surface area contributed by atoms with E-state index in [1.807, 2.05) is 0 Å². The smallest absolute Gasteiger partial charge is 0.259 e. The number of aryl methyl sites for hydroxylation is 1. The lowest BCUT2D eigenvalue weighted by atomic mass is 10.1. The molecule has 124 valence electrons. The second kappa shape index (κ2) is 6.07. The van der Waals surface area contributed by atoms with Crippen molar-refractivity contribution in [3.63, 3.8) is 0 Å².